The monoisotopic (exact) mass is 248 g/mol. The zero-order valence-electron chi connectivity index (χ0n) is 10.9. The summed E-state index contributed by atoms with van der Waals surface area (Å²) in [5, 5.41) is 12.5. The van der Waals surface area contributed by atoms with E-state index in [1.807, 2.05) is 13.0 Å². The Hall–Kier alpha value is -1.71. The van der Waals surface area contributed by atoms with Crippen molar-refractivity contribution in [2.45, 2.75) is 26.7 Å². The molecule has 0 spiro atoms. The van der Waals surface area contributed by atoms with Crippen LogP contribution in [-0.4, -0.2) is 29.1 Å². The van der Waals surface area contributed by atoms with Gasteiger partial charge in [-0.25, -0.2) is 4.79 Å². The summed E-state index contributed by atoms with van der Waals surface area (Å²) in [4.78, 5) is 13.8. The quantitative estimate of drug-likeness (QED) is 0.751. The number of anilines is 1. The Kier molecular flexibility index (Phi) is 3.75. The van der Waals surface area contributed by atoms with Gasteiger partial charge in [-0.1, -0.05) is 13.0 Å². The van der Waals surface area contributed by atoms with Crippen molar-refractivity contribution in [2.75, 3.05) is 18.4 Å². The molecular weight excluding hydrogens is 228 g/mol. The van der Waals surface area contributed by atoms with Crippen molar-refractivity contribution in [1.29, 1.82) is 0 Å². The highest BCUT2D eigenvalue weighted by Crippen LogP contribution is 2.25. The lowest BCUT2D eigenvalue weighted by Gasteiger charge is -2.30. The number of aromatic hydroxyl groups is 1. The predicted octanol–water partition coefficient (Wildman–Crippen LogP) is 2.96. The summed E-state index contributed by atoms with van der Waals surface area (Å²) in [6.07, 6.45) is 2.10. The Bertz CT molecular complexity index is 437. The van der Waals surface area contributed by atoms with Crippen LogP contribution in [0.25, 0.3) is 0 Å². The molecule has 0 aliphatic carbocycles. The van der Waals surface area contributed by atoms with E-state index in [9.17, 15) is 9.90 Å². The summed E-state index contributed by atoms with van der Waals surface area (Å²) < 4.78 is 0. The first-order valence-corrected chi connectivity index (χ1v) is 6.42. The molecule has 0 radical (unpaired) electrons. The highest BCUT2D eigenvalue weighted by Gasteiger charge is 2.20. The minimum Gasteiger partial charge on any atom is -0.506 e. The van der Waals surface area contributed by atoms with Gasteiger partial charge in [0.25, 0.3) is 0 Å². The number of nitrogens with zero attached hydrogens (tertiary/aromatic N) is 1. The first-order chi connectivity index (χ1) is 8.56. The third kappa shape index (κ3) is 2.94. The van der Waals surface area contributed by atoms with Crippen LogP contribution in [0.4, 0.5) is 10.5 Å². The zero-order valence-corrected chi connectivity index (χ0v) is 10.9. The highest BCUT2D eigenvalue weighted by atomic mass is 16.3. The van der Waals surface area contributed by atoms with Crippen molar-refractivity contribution in [2.24, 2.45) is 5.92 Å². The largest absolute Gasteiger partial charge is 0.506 e. The molecule has 0 saturated carbocycles. The molecule has 1 aliphatic rings. The number of phenols is 1. The third-order valence-electron chi connectivity index (χ3n) is 3.47. The molecule has 1 heterocycles. The van der Waals surface area contributed by atoms with Gasteiger partial charge in [0, 0.05) is 13.1 Å². The van der Waals surface area contributed by atoms with Gasteiger partial charge >= 0.3 is 6.03 Å². The van der Waals surface area contributed by atoms with Crippen LogP contribution in [-0.2, 0) is 0 Å². The molecule has 18 heavy (non-hydrogen) atoms. The van der Waals surface area contributed by atoms with Crippen LogP contribution >= 0.6 is 0 Å². The minimum absolute atomic E-state index is 0.119. The van der Waals surface area contributed by atoms with Gasteiger partial charge in [0.2, 0.25) is 0 Å². The van der Waals surface area contributed by atoms with Crippen LogP contribution in [0.5, 0.6) is 5.75 Å². The SMILES string of the molecule is Cc1ccc(NC(=O)N2CCC(C)CC2)c(O)c1. The number of phenolic OH excluding ortho intramolecular Hbond substituents is 1. The number of nitrogens with one attached hydrogen (secondary N) is 1. The van der Waals surface area contributed by atoms with E-state index in [4.69, 9.17) is 0 Å². The Labute approximate surface area is 108 Å². The van der Waals surface area contributed by atoms with Gasteiger partial charge in [0.05, 0.1) is 5.69 Å². The van der Waals surface area contributed by atoms with E-state index in [-0.39, 0.29) is 11.8 Å². The van der Waals surface area contributed by atoms with Crippen LogP contribution < -0.4 is 5.32 Å². The van der Waals surface area contributed by atoms with Gasteiger partial charge in [-0.15, -0.1) is 0 Å². The highest BCUT2D eigenvalue weighted by molar-refractivity contribution is 5.91. The number of piperidine rings is 1. The van der Waals surface area contributed by atoms with Crippen LogP contribution in [0.2, 0.25) is 0 Å². The zero-order chi connectivity index (χ0) is 13.1. The van der Waals surface area contributed by atoms with Gasteiger partial charge in [-0.05, 0) is 43.4 Å². The Morgan fingerprint density at radius 1 is 1.39 bits per heavy atom. The van der Waals surface area contributed by atoms with E-state index >= 15 is 0 Å². The lowest BCUT2D eigenvalue weighted by atomic mass is 10.00. The summed E-state index contributed by atoms with van der Waals surface area (Å²) in [6, 6.07) is 5.12. The molecule has 1 aromatic carbocycles. The molecule has 98 valence electrons. The standard InChI is InChI=1S/C14H20N2O2/c1-10-5-7-16(8-6-10)14(18)15-12-4-3-11(2)9-13(12)17/h3-4,9-10,17H,5-8H2,1-2H3,(H,15,18). The van der Waals surface area contributed by atoms with Crippen molar-refractivity contribution < 1.29 is 9.90 Å². The molecule has 4 heteroatoms. The first-order valence-electron chi connectivity index (χ1n) is 6.42. The van der Waals surface area contributed by atoms with Gasteiger partial charge in [0.1, 0.15) is 5.75 Å². The third-order valence-corrected chi connectivity index (χ3v) is 3.47. The molecule has 1 aliphatic heterocycles. The van der Waals surface area contributed by atoms with E-state index in [0.29, 0.717) is 11.6 Å². The van der Waals surface area contributed by atoms with E-state index in [1.165, 1.54) is 0 Å². The summed E-state index contributed by atoms with van der Waals surface area (Å²) in [5.41, 5.74) is 1.45. The van der Waals surface area contributed by atoms with E-state index in [1.54, 1.807) is 17.0 Å². The molecule has 1 saturated heterocycles. The van der Waals surface area contributed by atoms with Crippen molar-refractivity contribution in [3.05, 3.63) is 23.8 Å². The molecule has 1 fully saturated rings. The van der Waals surface area contributed by atoms with E-state index in [2.05, 4.69) is 12.2 Å². The Morgan fingerprint density at radius 3 is 2.67 bits per heavy atom. The molecule has 1 aromatic rings. The van der Waals surface area contributed by atoms with Crippen LogP contribution in [0.15, 0.2) is 18.2 Å². The van der Waals surface area contributed by atoms with Crippen molar-refractivity contribution in [3.8, 4) is 5.75 Å². The van der Waals surface area contributed by atoms with Crippen LogP contribution in [0, 0.1) is 12.8 Å². The van der Waals surface area contributed by atoms with Gasteiger partial charge < -0.3 is 15.3 Å². The minimum atomic E-state index is -0.124. The Morgan fingerprint density at radius 2 is 2.06 bits per heavy atom. The Balaban J connectivity index is 1.98. The smallest absolute Gasteiger partial charge is 0.321 e. The van der Waals surface area contributed by atoms with Crippen molar-refractivity contribution in [1.82, 2.24) is 4.90 Å². The van der Waals surface area contributed by atoms with Gasteiger partial charge in [-0.2, -0.15) is 0 Å². The maximum atomic E-state index is 12.0. The number of likely N-dealkylation sites (tertiary alicyclic amines) is 1. The maximum Gasteiger partial charge on any atom is 0.321 e. The fraction of sp³-hybridized carbons (Fsp3) is 0.500. The second-order valence-electron chi connectivity index (χ2n) is 5.12. The lowest BCUT2D eigenvalue weighted by Crippen LogP contribution is -2.40. The molecule has 2 N–H and O–H groups in total. The van der Waals surface area contributed by atoms with Gasteiger partial charge in [0.15, 0.2) is 0 Å². The normalized spacial score (nSPS) is 16.7. The second kappa shape index (κ2) is 5.29. The number of aryl methyl sites for hydroxylation is 1. The van der Waals surface area contributed by atoms with Gasteiger partial charge in [-0.3, -0.25) is 0 Å². The molecule has 2 amide bonds. The number of urea groups is 1. The second-order valence-corrected chi connectivity index (χ2v) is 5.12. The first kappa shape index (κ1) is 12.7. The summed E-state index contributed by atoms with van der Waals surface area (Å²) >= 11 is 0. The van der Waals surface area contributed by atoms with Crippen molar-refractivity contribution in [3.63, 3.8) is 0 Å². The van der Waals surface area contributed by atoms with E-state index in [0.717, 1.165) is 31.5 Å². The molecule has 0 atom stereocenters. The topological polar surface area (TPSA) is 52.6 Å². The molecular formula is C14H20N2O2. The van der Waals surface area contributed by atoms with Crippen LogP contribution in [0.1, 0.15) is 25.3 Å². The number of carbonyl (C=O) groups is 1. The molecule has 2 rings (SSSR count). The maximum absolute atomic E-state index is 12.0. The number of rotatable bonds is 1. The molecule has 0 unspecified atom stereocenters. The molecule has 0 bridgehead atoms. The number of hydrogen-bond donors (Lipinski definition) is 2. The summed E-state index contributed by atoms with van der Waals surface area (Å²) in [6.45, 7) is 5.69. The molecule has 4 nitrogen and oxygen atoms in total. The number of amides is 2. The summed E-state index contributed by atoms with van der Waals surface area (Å²) in [7, 11) is 0. The molecule has 0 aromatic heterocycles. The fourth-order valence-electron chi connectivity index (χ4n) is 2.15. The lowest BCUT2D eigenvalue weighted by molar-refractivity contribution is 0.186. The average molecular weight is 248 g/mol. The van der Waals surface area contributed by atoms with E-state index < -0.39 is 0 Å². The number of benzene rings is 1. The number of carbonyl (C=O) groups excluding carboxylic acids is 1. The van der Waals surface area contributed by atoms with Crippen LogP contribution in [0.3, 0.4) is 0 Å². The van der Waals surface area contributed by atoms with Crippen molar-refractivity contribution >= 4 is 11.7 Å². The summed E-state index contributed by atoms with van der Waals surface area (Å²) in [5.74, 6) is 0.815. The average Bonchev–Trinajstić information content (AvgIpc) is 2.33. The number of hydrogen-bond acceptors (Lipinski definition) is 2. The fourth-order valence-corrected chi connectivity index (χ4v) is 2.15. The predicted molar refractivity (Wildman–Crippen MR) is 71.8 cm³/mol.